The summed E-state index contributed by atoms with van der Waals surface area (Å²) in [6, 6.07) is 2.85. The van der Waals surface area contributed by atoms with Crippen molar-refractivity contribution in [1.82, 2.24) is 4.90 Å². The van der Waals surface area contributed by atoms with Crippen molar-refractivity contribution in [2.45, 2.75) is 50.7 Å². The summed E-state index contributed by atoms with van der Waals surface area (Å²) in [4.78, 5) is 14.7. The molecule has 2 atom stereocenters. The van der Waals surface area contributed by atoms with E-state index in [1.54, 1.807) is 11.3 Å². The third-order valence-electron chi connectivity index (χ3n) is 4.03. The molecular weight excluding hydrogens is 244 g/mol. The topological polar surface area (TPSA) is 46.3 Å². The quantitative estimate of drug-likeness (QED) is 0.907. The second-order valence-electron chi connectivity index (χ2n) is 5.60. The van der Waals surface area contributed by atoms with Gasteiger partial charge in [-0.05, 0) is 54.5 Å². The lowest BCUT2D eigenvalue weighted by Gasteiger charge is -2.25. The van der Waals surface area contributed by atoms with Crippen LogP contribution in [0.25, 0.3) is 0 Å². The van der Waals surface area contributed by atoms with Gasteiger partial charge in [0.2, 0.25) is 5.91 Å². The fraction of sp³-hybridized carbons (Fsp3) is 0.643. The normalized spacial score (nSPS) is 27.4. The molecule has 4 heteroatoms. The molecule has 2 aliphatic rings. The minimum absolute atomic E-state index is 0.180. The molecule has 1 aromatic rings. The van der Waals surface area contributed by atoms with Gasteiger partial charge in [-0.1, -0.05) is 0 Å². The van der Waals surface area contributed by atoms with Crippen LogP contribution in [0.4, 0.5) is 0 Å². The molecule has 18 heavy (non-hydrogen) atoms. The van der Waals surface area contributed by atoms with Crippen molar-refractivity contribution in [1.29, 1.82) is 0 Å². The Labute approximate surface area is 112 Å². The van der Waals surface area contributed by atoms with Crippen molar-refractivity contribution in [3.8, 4) is 0 Å². The van der Waals surface area contributed by atoms with Gasteiger partial charge in [0.15, 0.2) is 0 Å². The van der Waals surface area contributed by atoms with Gasteiger partial charge >= 0.3 is 0 Å². The first-order chi connectivity index (χ1) is 8.74. The maximum absolute atomic E-state index is 12.6. The number of thiophene rings is 1. The fourth-order valence-electron chi connectivity index (χ4n) is 2.83. The highest BCUT2D eigenvalue weighted by molar-refractivity contribution is 7.07. The van der Waals surface area contributed by atoms with E-state index in [1.165, 1.54) is 18.4 Å². The van der Waals surface area contributed by atoms with Gasteiger partial charge in [0.1, 0.15) is 0 Å². The van der Waals surface area contributed by atoms with Gasteiger partial charge in [0, 0.05) is 24.5 Å². The summed E-state index contributed by atoms with van der Waals surface area (Å²) in [5.74, 6) is 0.524. The van der Waals surface area contributed by atoms with Gasteiger partial charge in [-0.2, -0.15) is 11.3 Å². The summed E-state index contributed by atoms with van der Waals surface area (Å²) in [6.45, 7) is 0.790. The molecule has 0 bridgehead atoms. The van der Waals surface area contributed by atoms with Crippen LogP contribution in [0.15, 0.2) is 16.8 Å². The highest BCUT2D eigenvalue weighted by atomic mass is 32.1. The van der Waals surface area contributed by atoms with Crippen LogP contribution in [-0.4, -0.2) is 22.9 Å². The standard InChI is InChI=1S/C14H20N2OS/c15-12-2-1-11(7-12)14(17)16(13-3-4-13)8-10-5-6-18-9-10/h5-6,9,11-13H,1-4,7-8,15H2. The molecule has 2 N–H and O–H groups in total. The molecule has 3 rings (SSSR count). The first kappa shape index (κ1) is 12.2. The van der Waals surface area contributed by atoms with Gasteiger partial charge in [-0.3, -0.25) is 4.79 Å². The zero-order chi connectivity index (χ0) is 12.5. The minimum atomic E-state index is 0.180. The van der Waals surface area contributed by atoms with Crippen LogP contribution >= 0.6 is 11.3 Å². The third-order valence-corrected chi connectivity index (χ3v) is 4.76. The lowest BCUT2D eigenvalue weighted by molar-refractivity contribution is -0.136. The van der Waals surface area contributed by atoms with Gasteiger partial charge in [0.25, 0.3) is 0 Å². The molecule has 2 aliphatic carbocycles. The Morgan fingerprint density at radius 3 is 2.78 bits per heavy atom. The maximum atomic E-state index is 12.6. The minimum Gasteiger partial charge on any atom is -0.335 e. The summed E-state index contributed by atoms with van der Waals surface area (Å²) in [7, 11) is 0. The van der Waals surface area contributed by atoms with Crippen LogP contribution < -0.4 is 5.73 Å². The molecule has 0 aliphatic heterocycles. The smallest absolute Gasteiger partial charge is 0.226 e. The first-order valence-corrected chi connectivity index (χ1v) is 7.75. The molecule has 2 unspecified atom stereocenters. The summed E-state index contributed by atoms with van der Waals surface area (Å²) in [5, 5.41) is 4.22. The molecule has 1 amide bonds. The average molecular weight is 264 g/mol. The average Bonchev–Trinajstić information content (AvgIpc) is 2.88. The number of carbonyl (C=O) groups is 1. The number of amides is 1. The third kappa shape index (κ3) is 2.59. The first-order valence-electron chi connectivity index (χ1n) is 6.81. The molecule has 2 saturated carbocycles. The number of nitrogens with zero attached hydrogens (tertiary/aromatic N) is 1. The van der Waals surface area contributed by atoms with E-state index in [2.05, 4.69) is 21.7 Å². The Morgan fingerprint density at radius 1 is 1.39 bits per heavy atom. The highest BCUT2D eigenvalue weighted by Crippen LogP contribution is 2.33. The second kappa shape index (κ2) is 5.02. The molecule has 0 radical (unpaired) electrons. The fourth-order valence-corrected chi connectivity index (χ4v) is 3.49. The molecular formula is C14H20N2OS. The number of nitrogens with two attached hydrogens (primary N) is 1. The molecule has 3 nitrogen and oxygen atoms in total. The van der Waals surface area contributed by atoms with Crippen LogP contribution in [-0.2, 0) is 11.3 Å². The Morgan fingerprint density at radius 2 is 2.22 bits per heavy atom. The van der Waals surface area contributed by atoms with E-state index < -0.39 is 0 Å². The van der Waals surface area contributed by atoms with Gasteiger partial charge in [-0.15, -0.1) is 0 Å². The monoisotopic (exact) mass is 264 g/mol. The predicted octanol–water partition coefficient (Wildman–Crippen LogP) is 2.37. The lowest BCUT2D eigenvalue weighted by atomic mass is 10.1. The Balaban J connectivity index is 1.67. The Hall–Kier alpha value is -0.870. The number of hydrogen-bond acceptors (Lipinski definition) is 3. The molecule has 98 valence electrons. The summed E-state index contributed by atoms with van der Waals surface area (Å²) in [6.07, 6.45) is 5.22. The van der Waals surface area contributed by atoms with E-state index in [-0.39, 0.29) is 12.0 Å². The van der Waals surface area contributed by atoms with E-state index in [9.17, 15) is 4.79 Å². The number of rotatable bonds is 4. The lowest BCUT2D eigenvalue weighted by Crippen LogP contribution is -2.37. The predicted molar refractivity (Wildman–Crippen MR) is 73.2 cm³/mol. The van der Waals surface area contributed by atoms with E-state index in [1.807, 2.05) is 0 Å². The van der Waals surface area contributed by atoms with Gasteiger partial charge < -0.3 is 10.6 Å². The van der Waals surface area contributed by atoms with Crippen LogP contribution in [0.2, 0.25) is 0 Å². The Kier molecular flexibility index (Phi) is 3.39. The van der Waals surface area contributed by atoms with Crippen molar-refractivity contribution >= 4 is 17.2 Å². The molecule has 1 aromatic heterocycles. The second-order valence-corrected chi connectivity index (χ2v) is 6.38. The summed E-state index contributed by atoms with van der Waals surface area (Å²) < 4.78 is 0. The maximum Gasteiger partial charge on any atom is 0.226 e. The van der Waals surface area contributed by atoms with Gasteiger partial charge in [-0.25, -0.2) is 0 Å². The van der Waals surface area contributed by atoms with Crippen LogP contribution in [0.1, 0.15) is 37.7 Å². The molecule has 2 fully saturated rings. The van der Waals surface area contributed by atoms with Crippen molar-refractivity contribution in [3.63, 3.8) is 0 Å². The van der Waals surface area contributed by atoms with Gasteiger partial charge in [0.05, 0.1) is 0 Å². The molecule has 0 aromatic carbocycles. The summed E-state index contributed by atoms with van der Waals surface area (Å²) >= 11 is 1.70. The van der Waals surface area contributed by atoms with Crippen LogP contribution in [0.5, 0.6) is 0 Å². The largest absolute Gasteiger partial charge is 0.335 e. The number of carbonyl (C=O) groups excluding carboxylic acids is 1. The zero-order valence-corrected chi connectivity index (χ0v) is 11.4. The van der Waals surface area contributed by atoms with Crippen molar-refractivity contribution < 1.29 is 4.79 Å². The highest BCUT2D eigenvalue weighted by Gasteiger charge is 2.38. The van der Waals surface area contributed by atoms with Crippen molar-refractivity contribution in [2.24, 2.45) is 11.7 Å². The molecule has 0 saturated heterocycles. The Bertz CT molecular complexity index is 413. The van der Waals surface area contributed by atoms with E-state index in [0.717, 1.165) is 25.8 Å². The summed E-state index contributed by atoms with van der Waals surface area (Å²) in [5.41, 5.74) is 7.19. The van der Waals surface area contributed by atoms with Crippen LogP contribution in [0.3, 0.4) is 0 Å². The van der Waals surface area contributed by atoms with E-state index in [4.69, 9.17) is 5.73 Å². The van der Waals surface area contributed by atoms with Crippen molar-refractivity contribution in [2.75, 3.05) is 0 Å². The SMILES string of the molecule is NC1CCC(C(=O)N(Cc2ccsc2)C2CC2)C1. The van der Waals surface area contributed by atoms with Crippen LogP contribution in [0, 0.1) is 5.92 Å². The zero-order valence-electron chi connectivity index (χ0n) is 10.5. The number of hydrogen-bond donors (Lipinski definition) is 1. The van der Waals surface area contributed by atoms with E-state index in [0.29, 0.717) is 11.9 Å². The molecule has 0 spiro atoms. The van der Waals surface area contributed by atoms with Crippen molar-refractivity contribution in [3.05, 3.63) is 22.4 Å². The molecule has 1 heterocycles. The van der Waals surface area contributed by atoms with E-state index >= 15 is 0 Å².